The monoisotopic (exact) mass is 236 g/mol. The van der Waals surface area contributed by atoms with Crippen LogP contribution in [0.2, 0.25) is 0 Å². The van der Waals surface area contributed by atoms with Gasteiger partial charge in [0.05, 0.1) is 0 Å². The summed E-state index contributed by atoms with van der Waals surface area (Å²) in [6.45, 7) is 2.91. The predicted molar refractivity (Wildman–Crippen MR) is 67.9 cm³/mol. The second kappa shape index (κ2) is 5.46. The van der Waals surface area contributed by atoms with Gasteiger partial charge in [0.2, 0.25) is 0 Å². The molecule has 1 aliphatic carbocycles. The number of hydrogen-bond acceptors (Lipinski definition) is 4. The number of hydrogen-bond donors (Lipinski definition) is 0. The maximum Gasteiger partial charge on any atom is 0.109 e. The molecule has 0 fully saturated rings. The number of nitroso groups, excluding NO2 is 1. The number of aryl methyl sites for hydroxylation is 1. The second-order valence-corrected chi connectivity index (χ2v) is 4.78. The van der Waals surface area contributed by atoms with E-state index in [2.05, 4.69) is 40.1 Å². The van der Waals surface area contributed by atoms with E-state index in [1.165, 1.54) is 17.5 Å². The van der Waals surface area contributed by atoms with Crippen molar-refractivity contribution in [3.8, 4) is 0 Å². The number of nitrogens with zero attached hydrogens (tertiary/aromatic N) is 2. The fourth-order valence-electron chi connectivity index (χ4n) is 2.41. The molecular formula is C12H16N2OS. The molecule has 0 N–H and O–H groups in total. The van der Waals surface area contributed by atoms with Crippen molar-refractivity contribution < 1.29 is 0 Å². The molecule has 0 aromatic heterocycles. The molecule has 4 heteroatoms. The normalized spacial score (nSPS) is 19.5. The molecule has 0 bridgehead atoms. The van der Waals surface area contributed by atoms with Crippen LogP contribution in [0.3, 0.4) is 0 Å². The topological polar surface area (TPSA) is 32.7 Å². The minimum atomic E-state index is 0.345. The SMILES string of the molecule is CCN(SN=O)C1CCCc2ccccc21. The van der Waals surface area contributed by atoms with E-state index in [9.17, 15) is 4.91 Å². The summed E-state index contributed by atoms with van der Waals surface area (Å²) in [5.41, 5.74) is 2.79. The summed E-state index contributed by atoms with van der Waals surface area (Å²) in [6.07, 6.45) is 3.47. The van der Waals surface area contributed by atoms with Crippen LogP contribution < -0.4 is 0 Å². The molecule has 0 saturated heterocycles. The van der Waals surface area contributed by atoms with E-state index >= 15 is 0 Å². The number of fused-ring (bicyclic) bond motifs is 1. The van der Waals surface area contributed by atoms with E-state index in [1.54, 1.807) is 0 Å². The molecule has 1 aliphatic rings. The maximum absolute atomic E-state index is 10.4. The summed E-state index contributed by atoms with van der Waals surface area (Å²) in [5.74, 6) is 0. The van der Waals surface area contributed by atoms with Crippen molar-refractivity contribution in [1.82, 2.24) is 4.31 Å². The van der Waals surface area contributed by atoms with E-state index < -0.39 is 0 Å². The lowest BCUT2D eigenvalue weighted by molar-refractivity contribution is 0.334. The van der Waals surface area contributed by atoms with Crippen molar-refractivity contribution >= 4 is 12.1 Å². The summed E-state index contributed by atoms with van der Waals surface area (Å²) in [6, 6.07) is 8.87. The molecular weight excluding hydrogens is 220 g/mol. The predicted octanol–water partition coefficient (Wildman–Crippen LogP) is 3.72. The van der Waals surface area contributed by atoms with E-state index in [4.69, 9.17) is 0 Å². The molecule has 0 spiro atoms. The van der Waals surface area contributed by atoms with Crippen molar-refractivity contribution in [3.63, 3.8) is 0 Å². The highest BCUT2D eigenvalue weighted by Crippen LogP contribution is 2.37. The molecule has 86 valence electrons. The third-order valence-electron chi connectivity index (χ3n) is 3.14. The Bertz CT molecular complexity index is 370. The van der Waals surface area contributed by atoms with Gasteiger partial charge in [0.25, 0.3) is 0 Å². The minimum absolute atomic E-state index is 0.345. The zero-order valence-electron chi connectivity index (χ0n) is 9.43. The first-order valence-electron chi connectivity index (χ1n) is 5.71. The van der Waals surface area contributed by atoms with Crippen LogP contribution in [-0.4, -0.2) is 10.8 Å². The average molecular weight is 236 g/mol. The molecule has 1 aromatic carbocycles. The lowest BCUT2D eigenvalue weighted by atomic mass is 9.88. The lowest BCUT2D eigenvalue weighted by Gasteiger charge is -2.32. The Kier molecular flexibility index (Phi) is 3.96. The van der Waals surface area contributed by atoms with Crippen molar-refractivity contribution in [3.05, 3.63) is 40.3 Å². The highest BCUT2D eigenvalue weighted by atomic mass is 32.2. The van der Waals surface area contributed by atoms with Gasteiger partial charge < -0.3 is 0 Å². The Morgan fingerprint density at radius 3 is 3.06 bits per heavy atom. The summed E-state index contributed by atoms with van der Waals surface area (Å²) < 4.78 is 5.02. The van der Waals surface area contributed by atoms with Crippen LogP contribution in [-0.2, 0) is 6.42 Å². The quantitative estimate of drug-likeness (QED) is 0.590. The van der Waals surface area contributed by atoms with Crippen LogP contribution in [0.25, 0.3) is 0 Å². The molecule has 16 heavy (non-hydrogen) atoms. The first kappa shape index (κ1) is 11.6. The van der Waals surface area contributed by atoms with Crippen LogP contribution in [0.15, 0.2) is 28.8 Å². The van der Waals surface area contributed by atoms with Gasteiger partial charge >= 0.3 is 0 Å². The van der Waals surface area contributed by atoms with Gasteiger partial charge in [-0.2, -0.15) is 0 Å². The zero-order chi connectivity index (χ0) is 11.4. The molecule has 2 rings (SSSR count). The van der Waals surface area contributed by atoms with Gasteiger partial charge in [-0.3, -0.25) is 0 Å². The third-order valence-corrected chi connectivity index (χ3v) is 3.92. The van der Waals surface area contributed by atoms with E-state index in [-0.39, 0.29) is 0 Å². The molecule has 1 unspecified atom stereocenters. The van der Waals surface area contributed by atoms with Crippen molar-refractivity contribution in [2.75, 3.05) is 6.54 Å². The molecule has 0 radical (unpaired) electrons. The van der Waals surface area contributed by atoms with Gasteiger partial charge in [0.15, 0.2) is 0 Å². The Balaban J connectivity index is 2.26. The third kappa shape index (κ3) is 2.28. The lowest BCUT2D eigenvalue weighted by Crippen LogP contribution is -2.25. The summed E-state index contributed by atoms with van der Waals surface area (Å²) in [5, 5.41) is 0. The Hall–Kier alpha value is -0.870. The fraction of sp³-hybridized carbons (Fsp3) is 0.500. The van der Waals surface area contributed by atoms with Crippen LogP contribution in [0.5, 0.6) is 0 Å². The molecule has 1 aromatic rings. The smallest absolute Gasteiger partial charge is 0.109 e. The second-order valence-electron chi connectivity index (χ2n) is 4.00. The van der Waals surface area contributed by atoms with Gasteiger partial charge in [-0.25, -0.2) is 4.31 Å². The standard InChI is InChI=1S/C12H16N2OS/c1-2-14(16-13-15)12-9-5-7-10-6-3-4-8-11(10)12/h3-4,6,8,12H,2,5,7,9H2,1H3. The Labute approximate surface area is 100 Å². The summed E-state index contributed by atoms with van der Waals surface area (Å²) in [4.78, 5) is 10.4. The first-order valence-corrected chi connectivity index (χ1v) is 6.44. The molecule has 3 nitrogen and oxygen atoms in total. The molecule has 1 atom stereocenters. The zero-order valence-corrected chi connectivity index (χ0v) is 10.2. The van der Waals surface area contributed by atoms with Gasteiger partial charge in [-0.15, -0.1) is 4.91 Å². The van der Waals surface area contributed by atoms with Crippen molar-refractivity contribution in [1.29, 1.82) is 0 Å². The highest BCUT2D eigenvalue weighted by molar-refractivity contribution is 7.95. The van der Waals surface area contributed by atoms with Crippen LogP contribution >= 0.6 is 12.1 Å². The summed E-state index contributed by atoms with van der Waals surface area (Å²) in [7, 11) is 0. The van der Waals surface area contributed by atoms with Gasteiger partial charge in [-0.05, 0) is 30.4 Å². The number of benzene rings is 1. The molecule has 0 saturated carbocycles. The maximum atomic E-state index is 10.4. The van der Waals surface area contributed by atoms with Crippen molar-refractivity contribution in [2.45, 2.75) is 32.2 Å². The van der Waals surface area contributed by atoms with Crippen LogP contribution in [0.4, 0.5) is 0 Å². The Morgan fingerprint density at radius 1 is 1.50 bits per heavy atom. The highest BCUT2D eigenvalue weighted by Gasteiger charge is 2.25. The Morgan fingerprint density at radius 2 is 2.31 bits per heavy atom. The minimum Gasteiger partial charge on any atom is -0.221 e. The van der Waals surface area contributed by atoms with Crippen LogP contribution in [0.1, 0.15) is 36.9 Å². The summed E-state index contributed by atoms with van der Waals surface area (Å²) >= 11 is 1.05. The number of rotatable bonds is 4. The van der Waals surface area contributed by atoms with Gasteiger partial charge in [0, 0.05) is 17.2 Å². The van der Waals surface area contributed by atoms with E-state index in [0.717, 1.165) is 31.5 Å². The largest absolute Gasteiger partial charge is 0.221 e. The van der Waals surface area contributed by atoms with Crippen LogP contribution in [0, 0.1) is 4.91 Å². The van der Waals surface area contributed by atoms with E-state index in [0.29, 0.717) is 6.04 Å². The molecule has 0 aliphatic heterocycles. The first-order chi connectivity index (χ1) is 7.86. The average Bonchev–Trinajstić information content (AvgIpc) is 2.35. The molecule has 0 heterocycles. The fourth-order valence-corrected chi connectivity index (χ4v) is 2.94. The van der Waals surface area contributed by atoms with E-state index in [1.807, 2.05) is 0 Å². The van der Waals surface area contributed by atoms with Gasteiger partial charge in [0.1, 0.15) is 12.1 Å². The molecule has 0 amide bonds. The van der Waals surface area contributed by atoms with Gasteiger partial charge in [-0.1, -0.05) is 31.2 Å². The van der Waals surface area contributed by atoms with Crippen molar-refractivity contribution in [2.24, 2.45) is 4.58 Å².